The van der Waals surface area contributed by atoms with E-state index in [4.69, 9.17) is 16.1 Å². The lowest BCUT2D eigenvalue weighted by Gasteiger charge is -2.10. The van der Waals surface area contributed by atoms with Gasteiger partial charge in [-0.1, -0.05) is 25.9 Å². The van der Waals surface area contributed by atoms with Gasteiger partial charge in [0, 0.05) is 19.5 Å². The number of aromatic nitrogens is 6. The van der Waals surface area contributed by atoms with Crippen molar-refractivity contribution in [2.45, 2.75) is 32.7 Å². The molecule has 0 saturated heterocycles. The van der Waals surface area contributed by atoms with E-state index < -0.39 is 11.2 Å². The Balaban J connectivity index is 2.17. The lowest BCUT2D eigenvalue weighted by atomic mass is 9.97. The highest BCUT2D eigenvalue weighted by Gasteiger charge is 2.23. The van der Waals surface area contributed by atoms with Crippen molar-refractivity contribution in [2.75, 3.05) is 0 Å². The molecule has 3 aromatic heterocycles. The molecule has 0 radical (unpaired) electrons. The van der Waals surface area contributed by atoms with Crippen LogP contribution in [-0.4, -0.2) is 28.8 Å². The molecular formula is C14H17ClN6O3. The van der Waals surface area contributed by atoms with Gasteiger partial charge in [0.25, 0.3) is 5.56 Å². The quantitative estimate of drug-likeness (QED) is 0.633. The average Bonchev–Trinajstić information content (AvgIpc) is 3.09. The van der Waals surface area contributed by atoms with Crippen molar-refractivity contribution in [1.29, 1.82) is 0 Å². The van der Waals surface area contributed by atoms with Gasteiger partial charge in [0.05, 0.1) is 6.54 Å². The maximum Gasteiger partial charge on any atom is 0.332 e. The topological polar surface area (TPSA) is 101 Å². The zero-order chi connectivity index (χ0) is 17.8. The largest absolute Gasteiger partial charge is 0.339 e. The molecule has 3 heterocycles. The average molecular weight is 353 g/mol. The van der Waals surface area contributed by atoms with Gasteiger partial charge in [0.1, 0.15) is 0 Å². The minimum atomic E-state index is -0.480. The Bertz CT molecular complexity index is 1050. The smallest absolute Gasteiger partial charge is 0.332 e. The number of rotatable bonds is 2. The van der Waals surface area contributed by atoms with Crippen LogP contribution in [0.3, 0.4) is 0 Å². The number of hydrogen-bond acceptors (Lipinski definition) is 6. The molecule has 128 valence electrons. The fraction of sp³-hybridized carbons (Fsp3) is 0.500. The molecule has 0 saturated carbocycles. The normalized spacial score (nSPS) is 12.2. The first-order valence-corrected chi connectivity index (χ1v) is 7.64. The molecule has 0 spiro atoms. The zero-order valence-corrected chi connectivity index (χ0v) is 14.7. The van der Waals surface area contributed by atoms with Crippen LogP contribution in [0.5, 0.6) is 0 Å². The first kappa shape index (κ1) is 16.4. The van der Waals surface area contributed by atoms with Crippen LogP contribution in [0.4, 0.5) is 0 Å². The van der Waals surface area contributed by atoms with Crippen molar-refractivity contribution < 1.29 is 4.52 Å². The van der Waals surface area contributed by atoms with Crippen LogP contribution in [0.25, 0.3) is 11.2 Å². The van der Waals surface area contributed by atoms with Gasteiger partial charge in [0.2, 0.25) is 11.2 Å². The van der Waals surface area contributed by atoms with E-state index in [1.54, 1.807) is 0 Å². The summed E-state index contributed by atoms with van der Waals surface area (Å²) < 4.78 is 9.00. The standard InChI is InChI=1S/C14H17ClN6O3/c1-14(2,3)11-16-7(18-24-11)6-21-8-9(17-12(21)15)19(4)13(23)20(5)10(8)22/h6H2,1-5H3. The van der Waals surface area contributed by atoms with E-state index >= 15 is 0 Å². The van der Waals surface area contributed by atoms with Crippen LogP contribution in [0, 0.1) is 0 Å². The van der Waals surface area contributed by atoms with Gasteiger partial charge in [0.15, 0.2) is 17.0 Å². The van der Waals surface area contributed by atoms with Crippen LogP contribution in [0.2, 0.25) is 5.28 Å². The molecule has 0 bridgehead atoms. The SMILES string of the molecule is Cn1c(=O)c2c(nc(Cl)n2Cc2noc(C(C)(C)C)n2)n(C)c1=O. The van der Waals surface area contributed by atoms with E-state index in [9.17, 15) is 9.59 Å². The summed E-state index contributed by atoms with van der Waals surface area (Å²) in [5.74, 6) is 0.857. The summed E-state index contributed by atoms with van der Waals surface area (Å²) in [7, 11) is 2.94. The molecule has 24 heavy (non-hydrogen) atoms. The molecule has 0 fully saturated rings. The Hall–Kier alpha value is -2.42. The summed E-state index contributed by atoms with van der Waals surface area (Å²) in [4.78, 5) is 32.9. The van der Waals surface area contributed by atoms with E-state index in [-0.39, 0.29) is 28.4 Å². The van der Waals surface area contributed by atoms with Crippen molar-refractivity contribution in [3.8, 4) is 0 Å². The maximum atomic E-state index is 12.5. The molecule has 0 atom stereocenters. The Labute approximate surface area is 141 Å². The van der Waals surface area contributed by atoms with Gasteiger partial charge >= 0.3 is 5.69 Å². The van der Waals surface area contributed by atoms with Crippen LogP contribution in [0.15, 0.2) is 14.1 Å². The third-order valence-corrected chi connectivity index (χ3v) is 4.00. The van der Waals surface area contributed by atoms with Gasteiger partial charge in [-0.05, 0) is 11.6 Å². The highest BCUT2D eigenvalue weighted by molar-refractivity contribution is 6.29. The van der Waals surface area contributed by atoms with Crippen molar-refractivity contribution in [3.63, 3.8) is 0 Å². The number of imidazole rings is 1. The minimum absolute atomic E-state index is 0.0745. The predicted octanol–water partition coefficient (Wildman–Crippen LogP) is 0.816. The monoisotopic (exact) mass is 352 g/mol. The van der Waals surface area contributed by atoms with Gasteiger partial charge in [-0.3, -0.25) is 13.9 Å². The molecule has 0 N–H and O–H groups in total. The Morgan fingerprint density at radius 1 is 1.12 bits per heavy atom. The number of nitrogens with zero attached hydrogens (tertiary/aromatic N) is 6. The van der Waals surface area contributed by atoms with Crippen molar-refractivity contribution in [2.24, 2.45) is 14.1 Å². The highest BCUT2D eigenvalue weighted by atomic mass is 35.5. The minimum Gasteiger partial charge on any atom is -0.339 e. The van der Waals surface area contributed by atoms with E-state index in [0.29, 0.717) is 11.7 Å². The summed E-state index contributed by atoms with van der Waals surface area (Å²) in [5, 5.41) is 4.00. The van der Waals surface area contributed by atoms with E-state index in [1.165, 1.54) is 23.2 Å². The van der Waals surface area contributed by atoms with Gasteiger partial charge in [-0.15, -0.1) is 0 Å². The summed E-state index contributed by atoms with van der Waals surface area (Å²) in [6, 6.07) is 0. The number of halogens is 1. The van der Waals surface area contributed by atoms with E-state index in [2.05, 4.69) is 15.1 Å². The molecule has 0 aliphatic carbocycles. The van der Waals surface area contributed by atoms with Gasteiger partial charge < -0.3 is 9.09 Å². The second-order valence-corrected chi connectivity index (χ2v) is 6.95. The van der Waals surface area contributed by atoms with Crippen molar-refractivity contribution in [3.05, 3.63) is 37.8 Å². The maximum absolute atomic E-state index is 12.5. The number of fused-ring (bicyclic) bond motifs is 1. The first-order valence-electron chi connectivity index (χ1n) is 7.26. The Morgan fingerprint density at radius 2 is 1.79 bits per heavy atom. The third kappa shape index (κ3) is 2.44. The van der Waals surface area contributed by atoms with Crippen LogP contribution >= 0.6 is 11.6 Å². The Kier molecular flexibility index (Phi) is 3.63. The third-order valence-electron chi connectivity index (χ3n) is 3.71. The van der Waals surface area contributed by atoms with Crippen molar-refractivity contribution >= 4 is 22.8 Å². The van der Waals surface area contributed by atoms with Crippen LogP contribution in [0.1, 0.15) is 32.5 Å². The summed E-state index contributed by atoms with van der Waals surface area (Å²) >= 11 is 6.17. The molecular weight excluding hydrogens is 336 g/mol. The van der Waals surface area contributed by atoms with Crippen LogP contribution in [-0.2, 0) is 26.1 Å². The molecule has 3 rings (SSSR count). The summed E-state index contributed by atoms with van der Waals surface area (Å²) in [6.07, 6.45) is 0. The molecule has 0 aliphatic rings. The van der Waals surface area contributed by atoms with Gasteiger partial charge in [-0.2, -0.15) is 9.97 Å². The molecule has 0 aromatic carbocycles. The Morgan fingerprint density at radius 3 is 2.38 bits per heavy atom. The van der Waals surface area contributed by atoms with E-state index in [1.807, 2.05) is 20.8 Å². The summed E-state index contributed by atoms with van der Waals surface area (Å²) in [6.45, 7) is 5.97. The van der Waals surface area contributed by atoms with E-state index in [0.717, 1.165) is 4.57 Å². The number of hydrogen-bond donors (Lipinski definition) is 0. The zero-order valence-electron chi connectivity index (χ0n) is 14.0. The molecule has 0 amide bonds. The van der Waals surface area contributed by atoms with Crippen molar-refractivity contribution in [1.82, 2.24) is 28.8 Å². The number of aryl methyl sites for hydroxylation is 1. The molecule has 9 nitrogen and oxygen atoms in total. The van der Waals surface area contributed by atoms with Crippen LogP contribution < -0.4 is 11.2 Å². The lowest BCUT2D eigenvalue weighted by Crippen LogP contribution is -2.37. The molecule has 3 aromatic rings. The second kappa shape index (κ2) is 5.30. The second-order valence-electron chi connectivity index (χ2n) is 6.61. The fourth-order valence-corrected chi connectivity index (χ4v) is 2.55. The first-order chi connectivity index (χ1) is 11.1. The lowest BCUT2D eigenvalue weighted by molar-refractivity contribution is 0.318. The predicted molar refractivity (Wildman–Crippen MR) is 87.3 cm³/mol. The molecule has 0 unspecified atom stereocenters. The van der Waals surface area contributed by atoms with Gasteiger partial charge in [-0.25, -0.2) is 4.79 Å². The summed E-state index contributed by atoms with van der Waals surface area (Å²) in [5.41, 5.74) is -0.804. The fourth-order valence-electron chi connectivity index (χ4n) is 2.33. The highest BCUT2D eigenvalue weighted by Crippen LogP contribution is 2.21. The molecule has 10 heteroatoms. The molecule has 0 aliphatic heterocycles.